The zero-order valence-electron chi connectivity index (χ0n) is 16.8. The number of nitrogens with zero attached hydrogens (tertiary/aromatic N) is 1. The van der Waals surface area contributed by atoms with Crippen LogP contribution in [0.25, 0.3) is 5.57 Å². The maximum atomic E-state index is 11.4. The molecule has 1 aromatic heterocycles. The van der Waals surface area contributed by atoms with E-state index in [1.165, 1.54) is 18.1 Å². The Morgan fingerprint density at radius 2 is 1.93 bits per heavy atom. The Kier molecular flexibility index (Phi) is 5.84. The van der Waals surface area contributed by atoms with Gasteiger partial charge in [-0.2, -0.15) is 5.26 Å². The number of rotatable bonds is 5. The lowest BCUT2D eigenvalue weighted by molar-refractivity contribution is 0.0986. The molecule has 2 atom stereocenters. The van der Waals surface area contributed by atoms with E-state index in [0.717, 1.165) is 23.5 Å². The number of allylic oxidation sites excluding steroid dienone is 4. The number of aryl methyl sites for hydroxylation is 1. The molecule has 0 spiro atoms. The number of ketones is 1. The highest BCUT2D eigenvalue weighted by Gasteiger charge is 2.45. The summed E-state index contributed by atoms with van der Waals surface area (Å²) in [5, 5.41) is 8.92. The number of hydrogen-bond acceptors (Lipinski definition) is 4. The number of ether oxygens (including phenoxy) is 1. The molecule has 0 N–H and O–H groups in total. The van der Waals surface area contributed by atoms with Crippen molar-refractivity contribution in [1.29, 1.82) is 5.26 Å². The van der Waals surface area contributed by atoms with Gasteiger partial charge >= 0.3 is 0 Å². The second kappa shape index (κ2) is 8.31. The fraction of sp³-hybridized carbons (Fsp3) is 0.333. The topological polar surface area (TPSA) is 63.2 Å². The van der Waals surface area contributed by atoms with Crippen molar-refractivity contribution < 1.29 is 13.9 Å². The van der Waals surface area contributed by atoms with E-state index in [1.54, 1.807) is 6.07 Å². The van der Waals surface area contributed by atoms with Crippen LogP contribution in [-0.2, 0) is 11.3 Å². The molecule has 1 fully saturated rings. The summed E-state index contributed by atoms with van der Waals surface area (Å²) in [5.74, 6) is 2.94. The Balaban J connectivity index is 0.00000109. The maximum absolute atomic E-state index is 11.4. The predicted molar refractivity (Wildman–Crippen MR) is 108 cm³/mol. The summed E-state index contributed by atoms with van der Waals surface area (Å²) in [6.07, 6.45) is 5.25. The quantitative estimate of drug-likeness (QED) is 0.618. The van der Waals surface area contributed by atoms with Gasteiger partial charge in [-0.3, -0.25) is 4.79 Å². The lowest BCUT2D eigenvalue weighted by Crippen LogP contribution is -2.02. The smallest absolute Gasteiger partial charge is 0.194 e. The summed E-state index contributed by atoms with van der Waals surface area (Å²) >= 11 is 0. The highest BCUT2D eigenvalue weighted by Crippen LogP contribution is 2.54. The molecular weight excluding hydrogens is 350 g/mol. The van der Waals surface area contributed by atoms with Gasteiger partial charge in [0.2, 0.25) is 0 Å². The molecule has 1 heterocycles. The average molecular weight is 375 g/mol. The number of benzene rings is 1. The molecular formula is C24H25NO3. The molecule has 0 radical (unpaired) electrons. The van der Waals surface area contributed by atoms with Gasteiger partial charge < -0.3 is 9.15 Å². The van der Waals surface area contributed by atoms with E-state index in [-0.39, 0.29) is 5.78 Å². The van der Waals surface area contributed by atoms with Crippen LogP contribution in [0.1, 0.15) is 60.2 Å². The molecule has 2 aliphatic rings. The fourth-order valence-corrected chi connectivity index (χ4v) is 3.47. The largest absolute Gasteiger partial charge is 0.493 e. The number of carbonyl (C=O) groups excluding carboxylic acids is 1. The Morgan fingerprint density at radius 3 is 2.54 bits per heavy atom. The summed E-state index contributed by atoms with van der Waals surface area (Å²) < 4.78 is 11.5. The predicted octanol–water partition coefficient (Wildman–Crippen LogP) is 5.82. The molecule has 28 heavy (non-hydrogen) atoms. The van der Waals surface area contributed by atoms with Crippen LogP contribution in [0.2, 0.25) is 0 Å². The number of furan rings is 1. The van der Waals surface area contributed by atoms with E-state index in [2.05, 4.69) is 12.1 Å². The van der Waals surface area contributed by atoms with E-state index in [9.17, 15) is 4.79 Å². The lowest BCUT2D eigenvalue weighted by atomic mass is 9.95. The number of nitriles is 1. The van der Waals surface area contributed by atoms with Gasteiger partial charge in [-0.15, -0.1) is 0 Å². The molecule has 2 aliphatic carbocycles. The Hall–Kier alpha value is -3.06. The van der Waals surface area contributed by atoms with Gasteiger partial charge in [0.05, 0.1) is 11.6 Å². The SMILES string of the molecule is CC.CC(=O)c1cc(COC2=CC=C(c3ccc(C#N)cc3)C3CC23)c(C)o1. The Labute approximate surface area is 166 Å². The van der Waals surface area contributed by atoms with Gasteiger partial charge in [-0.25, -0.2) is 0 Å². The normalized spacial score (nSPS) is 19.2. The van der Waals surface area contributed by atoms with Gasteiger partial charge in [0.1, 0.15) is 18.1 Å². The first-order valence-corrected chi connectivity index (χ1v) is 9.72. The highest BCUT2D eigenvalue weighted by molar-refractivity contribution is 5.91. The van der Waals surface area contributed by atoms with Gasteiger partial charge in [0.15, 0.2) is 11.5 Å². The molecule has 4 rings (SSSR count). The van der Waals surface area contributed by atoms with E-state index in [4.69, 9.17) is 14.4 Å². The van der Waals surface area contributed by atoms with Crippen LogP contribution in [0.4, 0.5) is 0 Å². The van der Waals surface area contributed by atoms with Crippen molar-refractivity contribution in [2.75, 3.05) is 0 Å². The van der Waals surface area contributed by atoms with Crippen LogP contribution in [0.3, 0.4) is 0 Å². The maximum Gasteiger partial charge on any atom is 0.194 e. The van der Waals surface area contributed by atoms with Crippen molar-refractivity contribution in [2.45, 2.75) is 40.7 Å². The molecule has 4 nitrogen and oxygen atoms in total. The van der Waals surface area contributed by atoms with Crippen LogP contribution in [-0.4, -0.2) is 5.78 Å². The molecule has 0 bridgehead atoms. The zero-order chi connectivity index (χ0) is 20.3. The molecule has 2 aromatic rings. The van der Waals surface area contributed by atoms with Gasteiger partial charge in [-0.05, 0) is 54.7 Å². The molecule has 2 unspecified atom stereocenters. The summed E-state index contributed by atoms with van der Waals surface area (Å²) in [5.41, 5.74) is 4.07. The molecule has 0 aliphatic heterocycles. The third-order valence-electron chi connectivity index (χ3n) is 5.09. The summed E-state index contributed by atoms with van der Waals surface area (Å²) in [7, 11) is 0. The van der Waals surface area contributed by atoms with Crippen LogP contribution < -0.4 is 0 Å². The summed E-state index contributed by atoms with van der Waals surface area (Å²) in [4.78, 5) is 11.4. The van der Waals surface area contributed by atoms with Crippen molar-refractivity contribution in [1.82, 2.24) is 0 Å². The number of carbonyl (C=O) groups is 1. The Morgan fingerprint density at radius 1 is 1.21 bits per heavy atom. The first-order valence-electron chi connectivity index (χ1n) is 9.72. The Bertz CT molecular complexity index is 970. The van der Waals surface area contributed by atoms with Crippen LogP contribution >= 0.6 is 0 Å². The standard InChI is InChI=1S/C22H19NO3.C2H6/c1-13(24)22-9-17(14(2)26-22)12-25-21-8-7-18(19-10-20(19)21)16-5-3-15(11-23)4-6-16;1-2/h3-9,19-20H,10,12H2,1-2H3;1-2H3. The molecule has 0 amide bonds. The first-order chi connectivity index (χ1) is 13.6. The number of fused-ring (bicyclic) bond motifs is 1. The second-order valence-corrected chi connectivity index (χ2v) is 6.87. The van der Waals surface area contributed by atoms with E-state index < -0.39 is 0 Å². The van der Waals surface area contributed by atoms with Gasteiger partial charge in [0, 0.05) is 18.4 Å². The molecule has 144 valence electrons. The lowest BCUT2D eigenvalue weighted by Gasteiger charge is -2.15. The number of hydrogen-bond donors (Lipinski definition) is 0. The summed E-state index contributed by atoms with van der Waals surface area (Å²) in [6, 6.07) is 11.7. The van der Waals surface area contributed by atoms with Crippen LogP contribution in [0.5, 0.6) is 0 Å². The van der Waals surface area contributed by atoms with Crippen molar-refractivity contribution >= 4 is 11.4 Å². The third kappa shape index (κ3) is 3.94. The van der Waals surface area contributed by atoms with Crippen molar-refractivity contribution in [3.05, 3.63) is 76.5 Å². The average Bonchev–Trinajstić information content (AvgIpc) is 3.44. The molecule has 1 saturated carbocycles. The first kappa shape index (κ1) is 19.7. The molecule has 0 saturated heterocycles. The molecule has 1 aromatic carbocycles. The van der Waals surface area contributed by atoms with Gasteiger partial charge in [0.25, 0.3) is 0 Å². The second-order valence-electron chi connectivity index (χ2n) is 6.87. The zero-order valence-corrected chi connectivity index (χ0v) is 16.8. The van der Waals surface area contributed by atoms with E-state index >= 15 is 0 Å². The monoisotopic (exact) mass is 375 g/mol. The highest BCUT2D eigenvalue weighted by atomic mass is 16.5. The summed E-state index contributed by atoms with van der Waals surface area (Å²) in [6.45, 7) is 7.76. The number of Topliss-reactive ketones (excluding diaryl/α,β-unsaturated/α-hetero) is 1. The van der Waals surface area contributed by atoms with E-state index in [1.807, 2.05) is 51.1 Å². The molecule has 4 heteroatoms. The minimum absolute atomic E-state index is 0.0755. The van der Waals surface area contributed by atoms with Crippen LogP contribution in [0.15, 0.2) is 52.7 Å². The minimum atomic E-state index is -0.0755. The van der Waals surface area contributed by atoms with Crippen molar-refractivity contribution in [2.24, 2.45) is 11.8 Å². The minimum Gasteiger partial charge on any atom is -0.493 e. The van der Waals surface area contributed by atoms with Gasteiger partial charge in [-0.1, -0.05) is 32.1 Å². The third-order valence-corrected chi connectivity index (χ3v) is 5.09. The van der Waals surface area contributed by atoms with Crippen molar-refractivity contribution in [3.63, 3.8) is 0 Å². The van der Waals surface area contributed by atoms with Crippen molar-refractivity contribution in [3.8, 4) is 6.07 Å². The van der Waals surface area contributed by atoms with E-state index in [0.29, 0.717) is 29.8 Å². The fourth-order valence-electron chi connectivity index (χ4n) is 3.47. The van der Waals surface area contributed by atoms with Crippen LogP contribution in [0, 0.1) is 30.1 Å².